The average Bonchev–Trinajstić information content (AvgIpc) is 3.58. The monoisotopic (exact) mass is 670 g/mol. The number of pyridine rings is 2. The molecule has 0 saturated heterocycles. The summed E-state index contributed by atoms with van der Waals surface area (Å²) < 4.78 is 2.32. The molecule has 3 aromatic carbocycles. The Hall–Kier alpha value is -4.12. The normalized spacial score (nSPS) is 15.9. The Morgan fingerprint density at radius 3 is 2.58 bits per heavy atom. The molecular formula is C32H23IrN5+. The Morgan fingerprint density at radius 2 is 1.74 bits per heavy atom. The number of aromatic nitrogens is 2. The predicted octanol–water partition coefficient (Wildman–Crippen LogP) is 4.67. The Balaban J connectivity index is 0.000000172. The fourth-order valence-electron chi connectivity index (χ4n) is 5.20. The maximum absolute atomic E-state index is 4.73. The van der Waals surface area contributed by atoms with Crippen molar-refractivity contribution in [2.45, 2.75) is 6.04 Å². The zero-order valence-electron chi connectivity index (χ0n) is 20.6. The molecule has 184 valence electrons. The largest absolute Gasteiger partial charge is 3.00 e. The van der Waals surface area contributed by atoms with Crippen LogP contribution in [0, 0.1) is 12.7 Å². The van der Waals surface area contributed by atoms with Crippen LogP contribution in [-0.2, 0) is 20.1 Å². The number of fused-ring (bicyclic) bond motifs is 9. The fraction of sp³-hybridized carbons (Fsp3) is 0.0625. The number of benzene rings is 3. The van der Waals surface area contributed by atoms with Crippen molar-refractivity contribution in [3.8, 4) is 11.1 Å². The van der Waals surface area contributed by atoms with Gasteiger partial charge in [0, 0.05) is 17.1 Å². The van der Waals surface area contributed by atoms with Crippen LogP contribution in [0.5, 0.6) is 0 Å². The molecule has 0 N–H and O–H groups in total. The van der Waals surface area contributed by atoms with Gasteiger partial charge in [0.05, 0.1) is 17.3 Å². The number of anilines is 1. The minimum atomic E-state index is 0. The first kappa shape index (κ1) is 24.2. The van der Waals surface area contributed by atoms with E-state index in [0.29, 0.717) is 0 Å². The fourth-order valence-corrected chi connectivity index (χ4v) is 5.20. The summed E-state index contributed by atoms with van der Waals surface area (Å²) in [6.45, 7) is 2.01. The van der Waals surface area contributed by atoms with Gasteiger partial charge in [0.25, 0.3) is 0 Å². The van der Waals surface area contributed by atoms with E-state index in [1.807, 2.05) is 84.7 Å². The van der Waals surface area contributed by atoms with Gasteiger partial charge in [-0.3, -0.25) is 4.98 Å². The second-order valence-corrected chi connectivity index (χ2v) is 9.14. The summed E-state index contributed by atoms with van der Waals surface area (Å²) >= 11 is 0. The molecule has 8 rings (SSSR count). The molecule has 38 heavy (non-hydrogen) atoms. The van der Waals surface area contributed by atoms with Crippen LogP contribution >= 0.6 is 0 Å². The smallest absolute Gasteiger partial charge is 0.510 e. The van der Waals surface area contributed by atoms with Crippen LogP contribution in [0.3, 0.4) is 0 Å². The molecule has 0 fully saturated rings. The second-order valence-electron chi connectivity index (χ2n) is 9.14. The van der Waals surface area contributed by atoms with Gasteiger partial charge in [-0.2, -0.15) is 43.1 Å². The number of hydrogen-bond donors (Lipinski definition) is 0. The SMILES string of the molecule is CN1C=CN(c2[c-]cccc2)[CH-]1.[C-]1=c2ccccc2=[N+]2c3cnc4ccccc4c3-c3cccnc3C12.[Ir+3]. The van der Waals surface area contributed by atoms with E-state index < -0.39 is 0 Å². The van der Waals surface area contributed by atoms with E-state index in [9.17, 15) is 0 Å². The van der Waals surface area contributed by atoms with Gasteiger partial charge >= 0.3 is 20.1 Å². The first-order valence-electron chi connectivity index (χ1n) is 12.3. The van der Waals surface area contributed by atoms with E-state index >= 15 is 0 Å². The van der Waals surface area contributed by atoms with Gasteiger partial charge in [-0.25, -0.2) is 9.56 Å². The molecule has 0 aliphatic carbocycles. The second kappa shape index (κ2) is 9.97. The standard InChI is InChI=1S/C22H13N3.C10H10N2.Ir/c1-4-10-18-14(6-1)12-19-22-16(8-5-11-23-22)21-15-7-2-3-9-17(15)24-13-20(21)25(18)19;1-11-7-8-12(9-11)10-5-3-2-4-6-10;/h1-11,13,19H;2-5,7-9H,1H3;/q;-2;+3. The molecule has 3 aliphatic heterocycles. The van der Waals surface area contributed by atoms with E-state index in [1.54, 1.807) is 0 Å². The molecule has 3 aliphatic rings. The van der Waals surface area contributed by atoms with Crippen molar-refractivity contribution in [3.05, 3.63) is 139 Å². The summed E-state index contributed by atoms with van der Waals surface area (Å²) in [6, 6.07) is 31.9. The summed E-state index contributed by atoms with van der Waals surface area (Å²) in [4.78, 5) is 13.5. The van der Waals surface area contributed by atoms with Crippen LogP contribution in [-0.4, -0.2) is 21.9 Å². The Labute approximate surface area is 235 Å². The maximum atomic E-state index is 4.73. The van der Waals surface area contributed by atoms with Gasteiger partial charge in [-0.1, -0.05) is 30.3 Å². The van der Waals surface area contributed by atoms with Crippen molar-refractivity contribution in [2.75, 3.05) is 11.9 Å². The molecule has 0 amide bonds. The van der Waals surface area contributed by atoms with Crippen molar-refractivity contribution in [2.24, 2.45) is 0 Å². The molecule has 5 nitrogen and oxygen atoms in total. The molecular weight excluding hydrogens is 647 g/mol. The molecule has 5 heterocycles. The topological polar surface area (TPSA) is 35.3 Å². The van der Waals surface area contributed by atoms with E-state index in [0.717, 1.165) is 33.2 Å². The van der Waals surface area contributed by atoms with Gasteiger partial charge < -0.3 is 9.80 Å². The van der Waals surface area contributed by atoms with Crippen molar-refractivity contribution in [3.63, 3.8) is 0 Å². The van der Waals surface area contributed by atoms with Crippen LogP contribution in [0.4, 0.5) is 11.4 Å². The van der Waals surface area contributed by atoms with Gasteiger partial charge in [0.15, 0.2) is 6.04 Å². The van der Waals surface area contributed by atoms with Gasteiger partial charge in [0.2, 0.25) is 5.69 Å². The van der Waals surface area contributed by atoms with Crippen LogP contribution in [0.25, 0.3) is 28.1 Å². The third-order valence-electron chi connectivity index (χ3n) is 6.84. The van der Waals surface area contributed by atoms with Crippen LogP contribution in [0.1, 0.15) is 11.7 Å². The average molecular weight is 670 g/mol. The summed E-state index contributed by atoms with van der Waals surface area (Å²) in [5.41, 5.74) is 6.65. The Kier molecular flexibility index (Phi) is 6.36. The van der Waals surface area contributed by atoms with Crippen molar-refractivity contribution in [1.82, 2.24) is 19.4 Å². The number of para-hydroxylation sites is 3. The van der Waals surface area contributed by atoms with Gasteiger partial charge in [-0.15, -0.1) is 23.0 Å². The predicted molar refractivity (Wildman–Crippen MR) is 147 cm³/mol. The maximum Gasteiger partial charge on any atom is 3.00 e. The molecule has 5 aromatic rings. The van der Waals surface area contributed by atoms with E-state index in [1.165, 1.54) is 16.5 Å². The molecule has 0 saturated carbocycles. The first-order chi connectivity index (χ1) is 18.3. The first-order valence-corrected chi connectivity index (χ1v) is 12.3. The van der Waals surface area contributed by atoms with Crippen molar-refractivity contribution >= 4 is 28.4 Å². The van der Waals surface area contributed by atoms with Gasteiger partial charge in [-0.05, 0) is 37.6 Å². The van der Waals surface area contributed by atoms with Crippen LogP contribution in [0.15, 0.2) is 110 Å². The van der Waals surface area contributed by atoms with Crippen LogP contribution in [0.2, 0.25) is 0 Å². The third-order valence-corrected chi connectivity index (χ3v) is 6.84. The summed E-state index contributed by atoms with van der Waals surface area (Å²) in [5, 5.41) is 3.46. The quantitative estimate of drug-likeness (QED) is 0.192. The zero-order valence-corrected chi connectivity index (χ0v) is 23.0. The molecule has 0 radical (unpaired) electrons. The third kappa shape index (κ3) is 4.03. The molecule has 0 bridgehead atoms. The Bertz CT molecular complexity index is 1800. The summed E-state index contributed by atoms with van der Waals surface area (Å²) in [5.74, 6) is 0. The van der Waals surface area contributed by atoms with E-state index in [2.05, 4.69) is 65.2 Å². The number of hydrogen-bond acceptors (Lipinski definition) is 4. The zero-order chi connectivity index (χ0) is 24.8. The summed E-state index contributed by atoms with van der Waals surface area (Å²) in [7, 11) is 2.00. The van der Waals surface area contributed by atoms with Crippen molar-refractivity contribution in [1.29, 1.82) is 0 Å². The minimum absolute atomic E-state index is 0. The van der Waals surface area contributed by atoms with Crippen molar-refractivity contribution < 1.29 is 20.1 Å². The van der Waals surface area contributed by atoms with E-state index in [4.69, 9.17) is 9.97 Å². The van der Waals surface area contributed by atoms with E-state index in [-0.39, 0.29) is 26.1 Å². The van der Waals surface area contributed by atoms with Gasteiger partial charge in [0.1, 0.15) is 11.1 Å². The summed E-state index contributed by atoms with van der Waals surface area (Å²) in [6.07, 6.45) is 11.5. The number of nitrogens with zero attached hydrogens (tertiary/aromatic N) is 5. The molecule has 1 unspecified atom stereocenters. The molecule has 6 heteroatoms. The Morgan fingerprint density at radius 1 is 0.895 bits per heavy atom. The van der Waals surface area contributed by atoms with Crippen LogP contribution < -0.4 is 20.1 Å². The molecule has 0 spiro atoms. The molecule has 1 atom stereocenters. The molecule has 2 aromatic heterocycles. The number of rotatable bonds is 1. The minimum Gasteiger partial charge on any atom is -0.510 e.